The topological polar surface area (TPSA) is 99.8 Å². The Balaban J connectivity index is 1.68. The van der Waals surface area contributed by atoms with E-state index in [0.717, 1.165) is 0 Å². The predicted molar refractivity (Wildman–Crippen MR) is 109 cm³/mol. The van der Waals surface area contributed by atoms with Crippen LogP contribution in [-0.2, 0) is 14.3 Å². The van der Waals surface area contributed by atoms with Gasteiger partial charge in [0.25, 0.3) is 0 Å². The van der Waals surface area contributed by atoms with Gasteiger partial charge < -0.3 is 15.4 Å². The second kappa shape index (κ2) is 8.99. The van der Waals surface area contributed by atoms with Gasteiger partial charge in [0.2, 0.25) is 11.8 Å². The third-order valence-corrected chi connectivity index (χ3v) is 5.14. The molecule has 9 heteroatoms. The van der Waals surface area contributed by atoms with Gasteiger partial charge in [-0.2, -0.15) is 0 Å². The first-order chi connectivity index (χ1) is 14.1. The van der Waals surface area contributed by atoms with Crippen molar-refractivity contribution in [3.63, 3.8) is 0 Å². The number of piperidine rings is 1. The zero-order valence-corrected chi connectivity index (χ0v) is 17.6. The summed E-state index contributed by atoms with van der Waals surface area (Å²) < 4.78 is 20.4. The Morgan fingerprint density at radius 2 is 2.10 bits per heavy atom. The highest BCUT2D eigenvalue weighted by atomic mass is 19.1. The lowest BCUT2D eigenvalue weighted by Crippen LogP contribution is -2.50. The van der Waals surface area contributed by atoms with E-state index in [1.165, 1.54) is 6.07 Å². The van der Waals surface area contributed by atoms with Crippen molar-refractivity contribution in [2.45, 2.75) is 45.3 Å². The zero-order valence-electron chi connectivity index (χ0n) is 17.6. The van der Waals surface area contributed by atoms with Crippen LogP contribution in [0.4, 0.5) is 14.9 Å². The quantitative estimate of drug-likeness (QED) is 0.646. The van der Waals surface area contributed by atoms with E-state index in [0.29, 0.717) is 50.3 Å². The molecule has 2 atom stereocenters. The fourth-order valence-electron chi connectivity index (χ4n) is 3.60. The summed E-state index contributed by atoms with van der Waals surface area (Å²) in [6.45, 7) is 7.17. The average molecular weight is 420 g/mol. The number of carbonyl (C=O) groups excluding carboxylic acids is 3. The van der Waals surface area contributed by atoms with E-state index in [9.17, 15) is 18.8 Å². The van der Waals surface area contributed by atoms with Gasteiger partial charge >= 0.3 is 6.09 Å². The summed E-state index contributed by atoms with van der Waals surface area (Å²) in [5, 5.41) is 8.57. The summed E-state index contributed by atoms with van der Waals surface area (Å²) in [6.07, 6.45) is 0.311. The number of ether oxygens (including phenoxy) is 1. The SMILES string of the molecule is CC(C)(C)OC(=O)N1CCNCC1c1ccc(NCC2CCC(=O)NC2=O)cc1F. The van der Waals surface area contributed by atoms with Gasteiger partial charge in [-0.1, -0.05) is 6.07 Å². The van der Waals surface area contributed by atoms with E-state index < -0.39 is 23.6 Å². The van der Waals surface area contributed by atoms with Gasteiger partial charge in [0, 0.05) is 43.9 Å². The molecule has 2 aliphatic heterocycles. The van der Waals surface area contributed by atoms with Crippen molar-refractivity contribution < 1.29 is 23.5 Å². The fraction of sp³-hybridized carbons (Fsp3) is 0.571. The number of anilines is 1. The van der Waals surface area contributed by atoms with Crippen LogP contribution in [-0.4, -0.2) is 54.6 Å². The van der Waals surface area contributed by atoms with Crippen LogP contribution in [0.5, 0.6) is 0 Å². The maximum absolute atomic E-state index is 14.9. The molecule has 0 saturated carbocycles. The molecule has 1 aromatic rings. The molecule has 3 rings (SSSR count). The van der Waals surface area contributed by atoms with E-state index in [4.69, 9.17) is 4.74 Å². The lowest BCUT2D eigenvalue weighted by atomic mass is 9.98. The molecule has 30 heavy (non-hydrogen) atoms. The minimum Gasteiger partial charge on any atom is -0.444 e. The Morgan fingerprint density at radius 3 is 2.77 bits per heavy atom. The molecule has 0 aliphatic carbocycles. The van der Waals surface area contributed by atoms with Crippen molar-refractivity contribution in [2.75, 3.05) is 31.5 Å². The van der Waals surface area contributed by atoms with E-state index in [2.05, 4.69) is 16.0 Å². The van der Waals surface area contributed by atoms with Gasteiger partial charge in [0.1, 0.15) is 11.4 Å². The second-order valence-electron chi connectivity index (χ2n) is 8.66. The molecule has 0 radical (unpaired) electrons. The van der Waals surface area contributed by atoms with Crippen LogP contribution in [0.25, 0.3) is 0 Å². The molecule has 2 heterocycles. The summed E-state index contributed by atoms with van der Waals surface area (Å²) in [5.74, 6) is -1.35. The van der Waals surface area contributed by atoms with Crippen molar-refractivity contribution >= 4 is 23.6 Å². The number of piperazine rings is 1. The van der Waals surface area contributed by atoms with Gasteiger partial charge in [-0.3, -0.25) is 19.8 Å². The second-order valence-corrected chi connectivity index (χ2v) is 8.66. The normalized spacial score (nSPS) is 22.5. The first-order valence-corrected chi connectivity index (χ1v) is 10.2. The molecule has 2 saturated heterocycles. The molecule has 8 nitrogen and oxygen atoms in total. The van der Waals surface area contributed by atoms with E-state index >= 15 is 0 Å². The van der Waals surface area contributed by atoms with Crippen LogP contribution in [0.2, 0.25) is 0 Å². The maximum Gasteiger partial charge on any atom is 0.410 e. The Bertz CT molecular complexity index is 824. The first-order valence-electron chi connectivity index (χ1n) is 10.2. The van der Waals surface area contributed by atoms with Crippen LogP contribution in [0.1, 0.15) is 45.2 Å². The molecule has 0 bridgehead atoms. The molecule has 2 aliphatic rings. The number of halogens is 1. The smallest absolute Gasteiger partial charge is 0.410 e. The molecule has 3 N–H and O–H groups in total. The van der Waals surface area contributed by atoms with Crippen LogP contribution in [0.15, 0.2) is 18.2 Å². The molecule has 164 valence electrons. The van der Waals surface area contributed by atoms with Gasteiger partial charge in [-0.05, 0) is 39.3 Å². The van der Waals surface area contributed by atoms with E-state index in [-0.39, 0.29) is 17.7 Å². The number of nitrogens with one attached hydrogen (secondary N) is 3. The van der Waals surface area contributed by atoms with Gasteiger partial charge in [0.15, 0.2) is 0 Å². The van der Waals surface area contributed by atoms with Crippen LogP contribution in [0, 0.1) is 11.7 Å². The van der Waals surface area contributed by atoms with Crippen LogP contribution >= 0.6 is 0 Å². The molecule has 0 spiro atoms. The molecule has 2 fully saturated rings. The number of hydrogen-bond acceptors (Lipinski definition) is 6. The van der Waals surface area contributed by atoms with Crippen LogP contribution in [0.3, 0.4) is 0 Å². The highest BCUT2D eigenvalue weighted by molar-refractivity contribution is 5.98. The predicted octanol–water partition coefficient (Wildman–Crippen LogP) is 2.17. The van der Waals surface area contributed by atoms with Gasteiger partial charge in [-0.15, -0.1) is 0 Å². The van der Waals surface area contributed by atoms with E-state index in [1.807, 2.05) is 0 Å². The fourth-order valence-corrected chi connectivity index (χ4v) is 3.60. The Kier molecular flexibility index (Phi) is 6.60. The average Bonchev–Trinajstić information content (AvgIpc) is 2.66. The Hall–Kier alpha value is -2.68. The summed E-state index contributed by atoms with van der Waals surface area (Å²) >= 11 is 0. The number of carbonyl (C=O) groups is 3. The van der Waals surface area contributed by atoms with Crippen molar-refractivity contribution in [1.82, 2.24) is 15.5 Å². The Morgan fingerprint density at radius 1 is 1.33 bits per heavy atom. The number of rotatable bonds is 4. The number of imide groups is 1. The molecular weight excluding hydrogens is 391 g/mol. The summed E-state index contributed by atoms with van der Waals surface area (Å²) in [4.78, 5) is 37.2. The zero-order chi connectivity index (χ0) is 21.9. The van der Waals surface area contributed by atoms with Crippen molar-refractivity contribution in [1.29, 1.82) is 0 Å². The van der Waals surface area contributed by atoms with Gasteiger partial charge in [-0.25, -0.2) is 9.18 Å². The standard InChI is InChI=1S/C21H29FN4O4/c1-21(2,3)30-20(29)26-9-8-23-12-17(26)15-6-5-14(10-16(15)22)24-11-13-4-7-18(27)25-19(13)28/h5-6,10,13,17,23-24H,4,7-9,11-12H2,1-3H3,(H,25,27,28). The largest absolute Gasteiger partial charge is 0.444 e. The third-order valence-electron chi connectivity index (χ3n) is 5.14. The lowest BCUT2D eigenvalue weighted by molar-refractivity contribution is -0.135. The molecule has 2 unspecified atom stereocenters. The number of hydrogen-bond donors (Lipinski definition) is 3. The van der Waals surface area contributed by atoms with Gasteiger partial charge in [0.05, 0.1) is 12.0 Å². The summed E-state index contributed by atoms with van der Waals surface area (Å²) in [6, 6.07) is 4.27. The van der Waals surface area contributed by atoms with E-state index in [1.54, 1.807) is 37.8 Å². The molecule has 3 amide bonds. The maximum atomic E-state index is 14.9. The number of nitrogens with zero attached hydrogens (tertiary/aromatic N) is 1. The summed E-state index contributed by atoms with van der Waals surface area (Å²) in [7, 11) is 0. The first kappa shape index (κ1) is 22.0. The molecular formula is C21H29FN4O4. The Labute approximate surface area is 175 Å². The number of amides is 3. The van der Waals surface area contributed by atoms with Crippen molar-refractivity contribution in [3.05, 3.63) is 29.6 Å². The highest BCUT2D eigenvalue weighted by Gasteiger charge is 2.33. The third kappa shape index (κ3) is 5.47. The van der Waals surface area contributed by atoms with Crippen molar-refractivity contribution in [2.24, 2.45) is 5.92 Å². The highest BCUT2D eigenvalue weighted by Crippen LogP contribution is 2.28. The lowest BCUT2D eigenvalue weighted by Gasteiger charge is -2.37. The monoisotopic (exact) mass is 420 g/mol. The molecule has 0 aromatic heterocycles. The number of benzene rings is 1. The molecule has 1 aromatic carbocycles. The van der Waals surface area contributed by atoms with Crippen molar-refractivity contribution in [3.8, 4) is 0 Å². The minimum atomic E-state index is -0.630. The van der Waals surface area contributed by atoms with Crippen LogP contribution < -0.4 is 16.0 Å². The minimum absolute atomic E-state index is 0.262. The summed E-state index contributed by atoms with van der Waals surface area (Å²) in [5.41, 5.74) is 0.308.